The topological polar surface area (TPSA) is 58.4 Å². The molecule has 0 saturated carbocycles. The first kappa shape index (κ1) is 14.7. The molecule has 0 aliphatic heterocycles. The van der Waals surface area contributed by atoms with Gasteiger partial charge >= 0.3 is 0 Å². The largest absolute Gasteiger partial charge is 0.297 e. The molecule has 0 bridgehead atoms. The van der Waals surface area contributed by atoms with Crippen LogP contribution < -0.4 is 11.3 Å². The number of hydrogen-bond donors (Lipinski definition) is 2. The number of carbonyl (C=O) groups excluding carboxylic acids is 1. The summed E-state index contributed by atoms with van der Waals surface area (Å²) in [7, 11) is 2.10. The second-order valence-electron chi connectivity index (χ2n) is 5.20. The Bertz CT molecular complexity index is 415. The van der Waals surface area contributed by atoms with E-state index in [0.717, 1.165) is 18.5 Å². The van der Waals surface area contributed by atoms with Crippen molar-refractivity contribution in [3.8, 4) is 0 Å². The third-order valence-electron chi connectivity index (χ3n) is 3.64. The van der Waals surface area contributed by atoms with Crippen molar-refractivity contribution in [3.05, 3.63) is 35.4 Å². The summed E-state index contributed by atoms with van der Waals surface area (Å²) < 4.78 is 0. The number of hydrogen-bond acceptors (Lipinski definition) is 3. The zero-order valence-corrected chi connectivity index (χ0v) is 11.7. The Morgan fingerprint density at radius 3 is 2.67 bits per heavy atom. The average Bonchev–Trinajstić information content (AvgIpc) is 2.38. The Hall–Kier alpha value is -1.39. The third-order valence-corrected chi connectivity index (χ3v) is 3.64. The van der Waals surface area contributed by atoms with Gasteiger partial charge < -0.3 is 0 Å². The van der Waals surface area contributed by atoms with Gasteiger partial charge in [0, 0.05) is 17.6 Å². The van der Waals surface area contributed by atoms with Gasteiger partial charge in [0.1, 0.15) is 0 Å². The fourth-order valence-corrected chi connectivity index (χ4v) is 1.65. The number of nitrogens with two attached hydrogens (primary N) is 1. The highest BCUT2D eigenvalue weighted by atomic mass is 16.2. The summed E-state index contributed by atoms with van der Waals surface area (Å²) in [5, 5.41) is 0. The molecule has 0 heterocycles. The summed E-state index contributed by atoms with van der Waals surface area (Å²) in [6, 6.07) is 7.54. The minimum Gasteiger partial charge on any atom is -0.297 e. The zero-order chi connectivity index (χ0) is 13.8. The van der Waals surface area contributed by atoms with E-state index in [1.165, 1.54) is 0 Å². The van der Waals surface area contributed by atoms with Crippen LogP contribution in [0.3, 0.4) is 0 Å². The van der Waals surface area contributed by atoms with E-state index in [1.54, 1.807) is 6.07 Å². The lowest BCUT2D eigenvalue weighted by Crippen LogP contribution is -2.39. The number of rotatable bonds is 5. The molecular formula is C14H23N3O. The van der Waals surface area contributed by atoms with Crippen molar-refractivity contribution in [1.29, 1.82) is 0 Å². The molecule has 4 nitrogen and oxygen atoms in total. The van der Waals surface area contributed by atoms with Gasteiger partial charge in [0.2, 0.25) is 0 Å². The highest BCUT2D eigenvalue weighted by Crippen LogP contribution is 2.19. The van der Waals surface area contributed by atoms with Crippen LogP contribution in [-0.4, -0.2) is 23.4 Å². The summed E-state index contributed by atoms with van der Waals surface area (Å²) in [5.74, 6) is 4.88. The molecule has 4 heteroatoms. The van der Waals surface area contributed by atoms with Crippen molar-refractivity contribution in [2.45, 2.75) is 39.3 Å². The molecule has 0 saturated heterocycles. The summed E-state index contributed by atoms with van der Waals surface area (Å²) in [6.07, 6.45) is 1.08. The van der Waals surface area contributed by atoms with Gasteiger partial charge in [-0.25, -0.2) is 5.84 Å². The predicted octanol–water partition coefficient (Wildman–Crippen LogP) is 1.91. The molecule has 0 spiro atoms. The highest BCUT2D eigenvalue weighted by molar-refractivity contribution is 5.93. The zero-order valence-electron chi connectivity index (χ0n) is 11.7. The first-order chi connectivity index (χ1) is 8.40. The van der Waals surface area contributed by atoms with E-state index in [1.807, 2.05) is 18.2 Å². The standard InChI is InChI=1S/C14H23N3O/c1-5-14(2,3)17(4)10-11-7-6-8-12(9-11)13(18)16-15/h6-9H,5,10,15H2,1-4H3,(H,16,18). The van der Waals surface area contributed by atoms with E-state index in [4.69, 9.17) is 5.84 Å². The average molecular weight is 249 g/mol. The Balaban J connectivity index is 2.83. The highest BCUT2D eigenvalue weighted by Gasteiger charge is 2.21. The second kappa shape index (κ2) is 5.98. The molecule has 0 aromatic heterocycles. The van der Waals surface area contributed by atoms with Crippen molar-refractivity contribution in [3.63, 3.8) is 0 Å². The van der Waals surface area contributed by atoms with Crippen LogP contribution >= 0.6 is 0 Å². The lowest BCUT2D eigenvalue weighted by Gasteiger charge is -2.34. The normalized spacial score (nSPS) is 11.7. The maximum Gasteiger partial charge on any atom is 0.265 e. The molecule has 0 fully saturated rings. The van der Waals surface area contributed by atoms with Gasteiger partial charge in [0.15, 0.2) is 0 Å². The van der Waals surface area contributed by atoms with Crippen LogP contribution in [0.2, 0.25) is 0 Å². The van der Waals surface area contributed by atoms with E-state index >= 15 is 0 Å². The Morgan fingerprint density at radius 1 is 1.44 bits per heavy atom. The molecule has 0 unspecified atom stereocenters. The number of carbonyl (C=O) groups is 1. The van der Waals surface area contributed by atoms with E-state index in [-0.39, 0.29) is 11.4 Å². The molecule has 1 aromatic carbocycles. The lowest BCUT2D eigenvalue weighted by molar-refractivity contribution is 0.0953. The third kappa shape index (κ3) is 3.55. The number of benzene rings is 1. The van der Waals surface area contributed by atoms with Crippen molar-refractivity contribution >= 4 is 5.91 Å². The van der Waals surface area contributed by atoms with Gasteiger partial charge in [-0.15, -0.1) is 0 Å². The fraction of sp³-hybridized carbons (Fsp3) is 0.500. The summed E-state index contributed by atoms with van der Waals surface area (Å²) in [5.41, 5.74) is 4.00. The van der Waals surface area contributed by atoms with Crippen molar-refractivity contribution < 1.29 is 4.79 Å². The Kier molecular flexibility index (Phi) is 4.87. The number of amides is 1. The first-order valence-corrected chi connectivity index (χ1v) is 6.22. The predicted molar refractivity (Wildman–Crippen MR) is 73.9 cm³/mol. The SMILES string of the molecule is CCC(C)(C)N(C)Cc1cccc(C(=O)NN)c1. The van der Waals surface area contributed by atoms with Gasteiger partial charge in [-0.3, -0.25) is 15.1 Å². The van der Waals surface area contributed by atoms with E-state index in [0.29, 0.717) is 5.56 Å². The minimum absolute atomic E-state index is 0.145. The smallest absolute Gasteiger partial charge is 0.265 e. The lowest BCUT2D eigenvalue weighted by atomic mass is 9.99. The van der Waals surface area contributed by atoms with E-state index in [2.05, 4.69) is 38.1 Å². The molecule has 18 heavy (non-hydrogen) atoms. The molecule has 1 aromatic rings. The van der Waals surface area contributed by atoms with Crippen LogP contribution in [0.5, 0.6) is 0 Å². The number of nitrogen functional groups attached to an aromatic ring is 1. The molecule has 100 valence electrons. The minimum atomic E-state index is -0.255. The van der Waals surface area contributed by atoms with Crippen LogP contribution in [0, 0.1) is 0 Å². The van der Waals surface area contributed by atoms with Crippen molar-refractivity contribution in [1.82, 2.24) is 10.3 Å². The number of hydrazine groups is 1. The number of nitrogens with one attached hydrogen (secondary N) is 1. The summed E-state index contributed by atoms with van der Waals surface area (Å²) in [6.45, 7) is 7.41. The van der Waals surface area contributed by atoms with Crippen LogP contribution in [0.4, 0.5) is 0 Å². The van der Waals surface area contributed by atoms with Crippen LogP contribution in [0.1, 0.15) is 43.1 Å². The van der Waals surface area contributed by atoms with Gasteiger partial charge in [0.05, 0.1) is 0 Å². The molecule has 3 N–H and O–H groups in total. The van der Waals surface area contributed by atoms with Gasteiger partial charge in [-0.2, -0.15) is 0 Å². The molecule has 0 atom stereocenters. The first-order valence-electron chi connectivity index (χ1n) is 6.22. The van der Waals surface area contributed by atoms with Gasteiger partial charge in [-0.05, 0) is 45.0 Å². The van der Waals surface area contributed by atoms with E-state index in [9.17, 15) is 4.79 Å². The quantitative estimate of drug-likeness (QED) is 0.476. The molecule has 0 aliphatic rings. The molecule has 1 amide bonds. The van der Waals surface area contributed by atoms with Crippen LogP contribution in [0.25, 0.3) is 0 Å². The van der Waals surface area contributed by atoms with Crippen molar-refractivity contribution in [2.75, 3.05) is 7.05 Å². The summed E-state index contributed by atoms with van der Waals surface area (Å²) >= 11 is 0. The number of nitrogens with zero attached hydrogens (tertiary/aromatic N) is 1. The molecule has 1 rings (SSSR count). The molecular weight excluding hydrogens is 226 g/mol. The van der Waals surface area contributed by atoms with Gasteiger partial charge in [-0.1, -0.05) is 19.1 Å². The maximum atomic E-state index is 11.5. The monoisotopic (exact) mass is 249 g/mol. The maximum absolute atomic E-state index is 11.5. The van der Waals surface area contributed by atoms with Crippen molar-refractivity contribution in [2.24, 2.45) is 5.84 Å². The second-order valence-corrected chi connectivity index (χ2v) is 5.20. The Labute approximate surface area is 109 Å². The van der Waals surface area contributed by atoms with Crippen LogP contribution in [0.15, 0.2) is 24.3 Å². The molecule has 0 aliphatic carbocycles. The Morgan fingerprint density at radius 2 is 2.11 bits per heavy atom. The fourth-order valence-electron chi connectivity index (χ4n) is 1.65. The molecule has 0 radical (unpaired) electrons. The van der Waals surface area contributed by atoms with Gasteiger partial charge in [0.25, 0.3) is 5.91 Å². The van der Waals surface area contributed by atoms with Crippen LogP contribution in [-0.2, 0) is 6.54 Å². The summed E-state index contributed by atoms with van der Waals surface area (Å²) in [4.78, 5) is 13.7. The van der Waals surface area contributed by atoms with E-state index < -0.39 is 0 Å².